The van der Waals surface area contributed by atoms with Crippen molar-refractivity contribution in [1.82, 2.24) is 24.7 Å². The molecule has 2 heterocycles. The molecule has 8 nitrogen and oxygen atoms in total. The molecule has 0 radical (unpaired) electrons. The van der Waals surface area contributed by atoms with Gasteiger partial charge in [-0.1, -0.05) is 0 Å². The fraction of sp³-hybridized carbons (Fsp3) is 0.500. The van der Waals surface area contributed by atoms with E-state index in [1.807, 2.05) is 25.5 Å². The van der Waals surface area contributed by atoms with Gasteiger partial charge >= 0.3 is 0 Å². The van der Waals surface area contributed by atoms with Crippen LogP contribution in [0.4, 0.5) is 11.6 Å². The molecular formula is C12H19N7O. The molecule has 108 valence electrons. The number of nitrogens with zero attached hydrogens (tertiary/aromatic N) is 5. The molecule has 2 aromatic heterocycles. The second-order valence-corrected chi connectivity index (χ2v) is 4.40. The number of aromatic nitrogens is 5. The molecule has 3 N–H and O–H groups in total. The number of nitrogens with one attached hydrogen (secondary N) is 1. The van der Waals surface area contributed by atoms with Crippen molar-refractivity contribution in [2.24, 2.45) is 7.05 Å². The van der Waals surface area contributed by atoms with Crippen LogP contribution in [-0.4, -0.2) is 31.3 Å². The summed E-state index contributed by atoms with van der Waals surface area (Å²) in [6, 6.07) is 1.64. The number of aryl methyl sites for hydroxylation is 1. The lowest BCUT2D eigenvalue weighted by atomic mass is 10.3. The summed E-state index contributed by atoms with van der Waals surface area (Å²) in [5, 5.41) is 11.1. The number of hydrogen-bond acceptors (Lipinski definition) is 7. The third-order valence-corrected chi connectivity index (χ3v) is 2.73. The van der Waals surface area contributed by atoms with Crippen molar-refractivity contribution < 1.29 is 4.74 Å². The molecule has 0 spiro atoms. The topological polar surface area (TPSA) is 104 Å². The number of hydrogen-bond donors (Lipinski definition) is 2. The number of nitrogen functional groups attached to an aromatic ring is 1. The Labute approximate surface area is 117 Å². The van der Waals surface area contributed by atoms with Crippen molar-refractivity contribution >= 4 is 11.6 Å². The van der Waals surface area contributed by atoms with Crippen molar-refractivity contribution in [1.29, 1.82) is 0 Å². The molecule has 0 amide bonds. The third kappa shape index (κ3) is 3.41. The summed E-state index contributed by atoms with van der Waals surface area (Å²) in [6.45, 7) is 4.84. The minimum Gasteiger partial charge on any atom is -0.384 e. The maximum absolute atomic E-state index is 5.78. The fourth-order valence-corrected chi connectivity index (χ4v) is 1.82. The van der Waals surface area contributed by atoms with Gasteiger partial charge in [0.15, 0.2) is 11.6 Å². The van der Waals surface area contributed by atoms with Crippen LogP contribution in [0.2, 0.25) is 0 Å². The van der Waals surface area contributed by atoms with Crippen LogP contribution in [0, 0.1) is 0 Å². The van der Waals surface area contributed by atoms with Crippen LogP contribution < -0.4 is 11.1 Å². The summed E-state index contributed by atoms with van der Waals surface area (Å²) in [6.07, 6.45) is 1.66. The predicted molar refractivity (Wildman–Crippen MR) is 74.8 cm³/mol. The second-order valence-electron chi connectivity index (χ2n) is 4.40. The van der Waals surface area contributed by atoms with Gasteiger partial charge in [-0.2, -0.15) is 0 Å². The van der Waals surface area contributed by atoms with Gasteiger partial charge in [-0.25, -0.2) is 9.97 Å². The van der Waals surface area contributed by atoms with Crippen molar-refractivity contribution in [3.8, 4) is 0 Å². The first kappa shape index (κ1) is 14.2. The maximum atomic E-state index is 5.78. The van der Waals surface area contributed by atoms with Crippen LogP contribution in [0.25, 0.3) is 0 Å². The fourth-order valence-electron chi connectivity index (χ4n) is 1.82. The Kier molecular flexibility index (Phi) is 4.46. The Hall–Kier alpha value is -2.22. The van der Waals surface area contributed by atoms with E-state index < -0.39 is 0 Å². The van der Waals surface area contributed by atoms with Gasteiger partial charge in [0.2, 0.25) is 0 Å². The van der Waals surface area contributed by atoms with Crippen LogP contribution in [-0.2, 0) is 18.4 Å². The molecule has 0 aliphatic carbocycles. The highest BCUT2D eigenvalue weighted by Crippen LogP contribution is 2.17. The van der Waals surface area contributed by atoms with Crippen LogP contribution in [0.15, 0.2) is 12.4 Å². The summed E-state index contributed by atoms with van der Waals surface area (Å²) in [4.78, 5) is 8.49. The third-order valence-electron chi connectivity index (χ3n) is 2.73. The van der Waals surface area contributed by atoms with E-state index in [4.69, 9.17) is 10.5 Å². The first-order valence-corrected chi connectivity index (χ1v) is 6.41. The smallest absolute Gasteiger partial charge is 0.158 e. The van der Waals surface area contributed by atoms with Gasteiger partial charge in [0, 0.05) is 19.7 Å². The number of ether oxygens (including phenoxy) is 1. The van der Waals surface area contributed by atoms with Crippen molar-refractivity contribution in [2.45, 2.75) is 26.5 Å². The molecule has 0 aromatic carbocycles. The van der Waals surface area contributed by atoms with Gasteiger partial charge < -0.3 is 20.4 Å². The van der Waals surface area contributed by atoms with Crippen molar-refractivity contribution in [2.75, 3.05) is 17.7 Å². The molecule has 0 saturated heterocycles. The zero-order valence-electron chi connectivity index (χ0n) is 11.9. The molecule has 20 heavy (non-hydrogen) atoms. The van der Waals surface area contributed by atoms with Gasteiger partial charge in [0.1, 0.15) is 24.6 Å². The minimum atomic E-state index is -0.0447. The SMILES string of the molecule is CCOCc1nc(N)cc(NC(C)c2nncn2C)n1. The average Bonchev–Trinajstić information content (AvgIpc) is 2.82. The molecule has 0 bridgehead atoms. The molecule has 8 heteroatoms. The van der Waals surface area contributed by atoms with E-state index in [-0.39, 0.29) is 6.04 Å². The van der Waals surface area contributed by atoms with Crippen molar-refractivity contribution in [3.63, 3.8) is 0 Å². The average molecular weight is 277 g/mol. The van der Waals surface area contributed by atoms with E-state index in [1.54, 1.807) is 12.4 Å². The lowest BCUT2D eigenvalue weighted by Gasteiger charge is -2.14. The molecule has 0 fully saturated rings. The highest BCUT2D eigenvalue weighted by molar-refractivity contribution is 5.45. The second kappa shape index (κ2) is 6.29. The first-order chi connectivity index (χ1) is 9.60. The van der Waals surface area contributed by atoms with E-state index in [1.165, 1.54) is 0 Å². The lowest BCUT2D eigenvalue weighted by molar-refractivity contribution is 0.128. The van der Waals surface area contributed by atoms with E-state index >= 15 is 0 Å². The van der Waals surface area contributed by atoms with Crippen molar-refractivity contribution in [3.05, 3.63) is 24.0 Å². The highest BCUT2D eigenvalue weighted by atomic mass is 16.5. The van der Waals surface area contributed by atoms with E-state index in [9.17, 15) is 0 Å². The molecular weight excluding hydrogens is 258 g/mol. The molecule has 1 unspecified atom stereocenters. The Morgan fingerprint density at radius 3 is 2.90 bits per heavy atom. The van der Waals surface area contributed by atoms with Crippen LogP contribution >= 0.6 is 0 Å². The predicted octanol–water partition coefficient (Wildman–Crippen LogP) is 0.897. The lowest BCUT2D eigenvalue weighted by Crippen LogP contribution is -2.14. The zero-order valence-corrected chi connectivity index (χ0v) is 11.9. The standard InChI is InChI=1S/C12H19N7O/c1-4-20-6-11-16-9(13)5-10(17-11)15-8(2)12-18-14-7-19(12)3/h5,7-8H,4,6H2,1-3H3,(H3,13,15,16,17). The molecule has 0 saturated carbocycles. The summed E-state index contributed by atoms with van der Waals surface area (Å²) in [5.41, 5.74) is 5.78. The molecule has 2 rings (SSSR count). The van der Waals surface area contributed by atoms with Gasteiger partial charge in [-0.15, -0.1) is 10.2 Å². The van der Waals surface area contributed by atoms with Gasteiger partial charge in [-0.05, 0) is 13.8 Å². The zero-order chi connectivity index (χ0) is 14.5. The number of nitrogens with two attached hydrogens (primary N) is 1. The number of anilines is 2. The Bertz CT molecular complexity index is 569. The van der Waals surface area contributed by atoms with Gasteiger partial charge in [-0.3, -0.25) is 0 Å². The van der Waals surface area contributed by atoms with E-state index in [0.717, 1.165) is 5.82 Å². The maximum Gasteiger partial charge on any atom is 0.158 e. The summed E-state index contributed by atoms with van der Waals surface area (Å²) < 4.78 is 7.14. The quantitative estimate of drug-likeness (QED) is 0.808. The normalized spacial score (nSPS) is 12.3. The van der Waals surface area contributed by atoms with Gasteiger partial charge in [0.05, 0.1) is 6.04 Å². The molecule has 1 atom stereocenters. The Morgan fingerprint density at radius 1 is 1.45 bits per heavy atom. The van der Waals surface area contributed by atoms with Crippen LogP contribution in [0.5, 0.6) is 0 Å². The molecule has 0 aliphatic rings. The Balaban J connectivity index is 2.12. The summed E-state index contributed by atoms with van der Waals surface area (Å²) >= 11 is 0. The summed E-state index contributed by atoms with van der Waals surface area (Å²) in [7, 11) is 1.89. The first-order valence-electron chi connectivity index (χ1n) is 6.41. The van der Waals surface area contributed by atoms with E-state index in [2.05, 4.69) is 25.5 Å². The highest BCUT2D eigenvalue weighted by Gasteiger charge is 2.12. The molecule has 0 aliphatic heterocycles. The van der Waals surface area contributed by atoms with Crippen LogP contribution in [0.3, 0.4) is 0 Å². The van der Waals surface area contributed by atoms with Gasteiger partial charge in [0.25, 0.3) is 0 Å². The Morgan fingerprint density at radius 2 is 2.25 bits per heavy atom. The summed E-state index contributed by atoms with van der Waals surface area (Å²) in [5.74, 6) is 2.41. The number of rotatable bonds is 6. The largest absolute Gasteiger partial charge is 0.384 e. The monoisotopic (exact) mass is 277 g/mol. The van der Waals surface area contributed by atoms with E-state index in [0.29, 0.717) is 30.7 Å². The minimum absolute atomic E-state index is 0.0447. The molecule has 2 aromatic rings. The van der Waals surface area contributed by atoms with Crippen LogP contribution in [0.1, 0.15) is 31.5 Å².